The van der Waals surface area contributed by atoms with E-state index in [9.17, 15) is 22.8 Å². The highest BCUT2D eigenvalue weighted by Gasteiger charge is 2.33. The molecule has 32 heavy (non-hydrogen) atoms. The lowest BCUT2D eigenvalue weighted by Crippen LogP contribution is -2.23. The van der Waals surface area contributed by atoms with Crippen LogP contribution >= 0.6 is 11.6 Å². The Hall–Kier alpha value is -3.33. The fourth-order valence-corrected chi connectivity index (χ4v) is 3.30. The summed E-state index contributed by atoms with van der Waals surface area (Å²) in [6.07, 6.45) is -4.64. The molecule has 2 aromatic carbocycles. The van der Waals surface area contributed by atoms with Gasteiger partial charge in [0.2, 0.25) is 0 Å². The first-order valence-electron chi connectivity index (χ1n) is 9.48. The molecule has 0 saturated heterocycles. The third kappa shape index (κ3) is 5.47. The minimum atomic E-state index is -4.64. The van der Waals surface area contributed by atoms with Crippen LogP contribution in [0, 0.1) is 13.8 Å². The average molecular weight is 466 g/mol. The normalized spacial score (nSPS) is 11.3. The number of benzene rings is 2. The molecule has 3 rings (SSSR count). The summed E-state index contributed by atoms with van der Waals surface area (Å²) in [5.74, 6) is -1.82. The summed E-state index contributed by atoms with van der Waals surface area (Å²) in [6, 6.07) is 12.2. The molecule has 10 heteroatoms. The van der Waals surface area contributed by atoms with Crippen LogP contribution in [0.2, 0.25) is 5.15 Å². The summed E-state index contributed by atoms with van der Waals surface area (Å²) in [6.45, 7) is 3.06. The molecule has 1 aromatic heterocycles. The van der Waals surface area contributed by atoms with Crippen LogP contribution in [0.4, 0.5) is 18.9 Å². The van der Waals surface area contributed by atoms with Crippen molar-refractivity contribution in [2.45, 2.75) is 26.6 Å². The Morgan fingerprint density at radius 3 is 2.41 bits per heavy atom. The maximum absolute atomic E-state index is 13.0. The van der Waals surface area contributed by atoms with Crippen LogP contribution in [-0.4, -0.2) is 28.3 Å². The number of halogens is 4. The summed E-state index contributed by atoms with van der Waals surface area (Å²) in [7, 11) is 0. The van der Waals surface area contributed by atoms with E-state index in [0.29, 0.717) is 12.2 Å². The zero-order valence-corrected chi connectivity index (χ0v) is 17.9. The molecule has 168 valence electrons. The van der Waals surface area contributed by atoms with Crippen LogP contribution in [0.1, 0.15) is 32.7 Å². The summed E-state index contributed by atoms with van der Waals surface area (Å²) < 4.78 is 45.5. The second-order valence-corrected chi connectivity index (χ2v) is 7.42. The summed E-state index contributed by atoms with van der Waals surface area (Å²) in [4.78, 5) is 24.5. The summed E-state index contributed by atoms with van der Waals surface area (Å²) in [5.41, 5.74) is 0.869. The number of hydrogen-bond donors (Lipinski definition) is 1. The number of nitrogens with zero attached hydrogens (tertiary/aromatic N) is 2. The number of carbonyl (C=O) groups excluding carboxylic acids is 2. The van der Waals surface area contributed by atoms with Crippen molar-refractivity contribution < 1.29 is 27.5 Å². The van der Waals surface area contributed by atoms with Gasteiger partial charge in [0.25, 0.3) is 5.91 Å². The van der Waals surface area contributed by atoms with Crippen LogP contribution in [0.3, 0.4) is 0 Å². The van der Waals surface area contributed by atoms with Gasteiger partial charge in [0.1, 0.15) is 10.7 Å². The zero-order valence-electron chi connectivity index (χ0n) is 17.2. The molecule has 0 aliphatic carbocycles. The minimum Gasteiger partial charge on any atom is -0.452 e. The number of ether oxygens (including phenoxy) is 1. The van der Waals surface area contributed by atoms with Crippen molar-refractivity contribution in [2.24, 2.45) is 0 Å². The predicted molar refractivity (Wildman–Crippen MR) is 113 cm³/mol. The molecule has 0 aliphatic heterocycles. The number of esters is 1. The number of alkyl halides is 3. The lowest BCUT2D eigenvalue weighted by atomic mass is 10.1. The summed E-state index contributed by atoms with van der Waals surface area (Å²) in [5, 5.41) is 6.38. The molecular formula is C22H19ClF3N3O3. The van der Waals surface area contributed by atoms with Crippen molar-refractivity contribution in [1.29, 1.82) is 0 Å². The average Bonchev–Trinajstić information content (AvgIpc) is 3.00. The molecule has 0 spiro atoms. The van der Waals surface area contributed by atoms with Crippen molar-refractivity contribution in [1.82, 2.24) is 9.78 Å². The second kappa shape index (κ2) is 9.44. The number of aromatic nitrogens is 2. The third-order valence-corrected chi connectivity index (χ3v) is 4.95. The van der Waals surface area contributed by atoms with Crippen molar-refractivity contribution >= 4 is 29.2 Å². The molecule has 0 aliphatic rings. The number of rotatable bonds is 6. The number of para-hydroxylation sites is 1. The largest absolute Gasteiger partial charge is 0.452 e. The quantitative estimate of drug-likeness (QED) is 0.519. The van der Waals surface area contributed by atoms with Crippen LogP contribution in [0.25, 0.3) is 0 Å². The highest BCUT2D eigenvalue weighted by Crippen LogP contribution is 2.34. The maximum Gasteiger partial charge on any atom is 0.418 e. The molecule has 0 fully saturated rings. The molecule has 6 nitrogen and oxygen atoms in total. The number of anilines is 1. The van der Waals surface area contributed by atoms with E-state index in [1.54, 1.807) is 6.92 Å². The monoisotopic (exact) mass is 465 g/mol. The molecule has 0 unspecified atom stereocenters. The second-order valence-electron chi connectivity index (χ2n) is 7.06. The Kier molecular flexibility index (Phi) is 6.88. The van der Waals surface area contributed by atoms with Gasteiger partial charge in [0.05, 0.1) is 23.5 Å². The number of nitrogens with one attached hydrogen (secondary N) is 1. The smallest absolute Gasteiger partial charge is 0.418 e. The van der Waals surface area contributed by atoms with Crippen molar-refractivity contribution in [3.8, 4) is 0 Å². The SMILES string of the molecule is Cc1ccc(Cn2nc(C)c(C(=O)OCC(=O)Nc3ccccc3C(F)(F)F)c2Cl)cc1. The highest BCUT2D eigenvalue weighted by atomic mass is 35.5. The Morgan fingerprint density at radius 1 is 1.09 bits per heavy atom. The predicted octanol–water partition coefficient (Wildman–Crippen LogP) is 5.02. The van der Waals surface area contributed by atoms with Gasteiger partial charge in [-0.3, -0.25) is 4.79 Å². The molecule has 3 aromatic rings. The standard InChI is InChI=1S/C22H19ClF3N3O3/c1-13-7-9-15(10-8-13)11-29-20(23)19(14(2)28-29)21(31)32-12-18(30)27-17-6-4-3-5-16(17)22(24,25)26/h3-10H,11-12H2,1-2H3,(H,27,30). The van der Waals surface area contributed by atoms with E-state index in [4.69, 9.17) is 16.3 Å². The van der Waals surface area contributed by atoms with Crippen molar-refractivity contribution in [3.05, 3.63) is 81.6 Å². The van der Waals surface area contributed by atoms with E-state index in [0.717, 1.165) is 23.3 Å². The van der Waals surface area contributed by atoms with Gasteiger partial charge in [0, 0.05) is 0 Å². The van der Waals surface area contributed by atoms with Gasteiger partial charge in [-0.25, -0.2) is 9.48 Å². The van der Waals surface area contributed by atoms with Gasteiger partial charge in [-0.15, -0.1) is 0 Å². The fraction of sp³-hybridized carbons (Fsp3) is 0.227. The van der Waals surface area contributed by atoms with Crippen molar-refractivity contribution in [2.75, 3.05) is 11.9 Å². The molecule has 0 atom stereocenters. The van der Waals surface area contributed by atoms with E-state index in [1.165, 1.54) is 16.8 Å². The Morgan fingerprint density at radius 2 is 1.75 bits per heavy atom. The first-order chi connectivity index (χ1) is 15.1. The molecule has 0 saturated carbocycles. The van der Waals surface area contributed by atoms with Crippen LogP contribution < -0.4 is 5.32 Å². The minimum absolute atomic E-state index is 0.0118. The number of aryl methyl sites for hydroxylation is 2. The van der Waals surface area contributed by atoms with E-state index < -0.39 is 35.9 Å². The van der Waals surface area contributed by atoms with Gasteiger partial charge >= 0.3 is 12.1 Å². The van der Waals surface area contributed by atoms with E-state index in [1.807, 2.05) is 31.2 Å². The fourth-order valence-electron chi connectivity index (χ4n) is 2.99. The number of amides is 1. The lowest BCUT2D eigenvalue weighted by Gasteiger charge is -2.13. The number of carbonyl (C=O) groups is 2. The number of hydrogen-bond acceptors (Lipinski definition) is 4. The molecule has 1 N–H and O–H groups in total. The molecule has 0 bridgehead atoms. The molecule has 1 heterocycles. The van der Waals surface area contributed by atoms with E-state index >= 15 is 0 Å². The van der Waals surface area contributed by atoms with Gasteiger partial charge in [-0.05, 0) is 31.5 Å². The Labute approximate surface area is 186 Å². The van der Waals surface area contributed by atoms with Crippen LogP contribution in [-0.2, 0) is 22.3 Å². The van der Waals surface area contributed by atoms with Gasteiger partial charge in [-0.1, -0.05) is 53.6 Å². The zero-order chi connectivity index (χ0) is 23.5. The van der Waals surface area contributed by atoms with Gasteiger partial charge in [-0.2, -0.15) is 18.3 Å². The first-order valence-corrected chi connectivity index (χ1v) is 9.85. The van der Waals surface area contributed by atoms with Crippen LogP contribution in [0.15, 0.2) is 48.5 Å². The Balaban J connectivity index is 1.66. The first kappa shape index (κ1) is 23.3. The Bertz CT molecular complexity index is 1140. The van der Waals surface area contributed by atoms with E-state index in [-0.39, 0.29) is 10.7 Å². The summed E-state index contributed by atoms with van der Waals surface area (Å²) >= 11 is 6.30. The van der Waals surface area contributed by atoms with Crippen molar-refractivity contribution in [3.63, 3.8) is 0 Å². The molecule has 0 radical (unpaired) electrons. The molecular weight excluding hydrogens is 447 g/mol. The van der Waals surface area contributed by atoms with E-state index in [2.05, 4.69) is 10.4 Å². The molecule has 1 amide bonds. The van der Waals surface area contributed by atoms with Gasteiger partial charge < -0.3 is 10.1 Å². The third-order valence-electron chi connectivity index (χ3n) is 4.56. The topological polar surface area (TPSA) is 73.2 Å². The van der Waals surface area contributed by atoms with Gasteiger partial charge in [0.15, 0.2) is 6.61 Å². The highest BCUT2D eigenvalue weighted by molar-refractivity contribution is 6.32. The maximum atomic E-state index is 13.0. The lowest BCUT2D eigenvalue weighted by molar-refractivity contribution is -0.137. The van der Waals surface area contributed by atoms with Crippen LogP contribution in [0.5, 0.6) is 0 Å².